The standard InChI is InChI=1S/C27H29N3O3/c1-3-30(4-2)27(32)20-7-5-19(6-8-20)15-22-10-9-21-16-24(11-12-25(21)26(22)31)33-14-13-23-17-28-18-29-23/h5-8,11-12,15-18H,3-4,9-10,13-14H2,1-2H3,(H,28,29)/b22-15+. The highest BCUT2D eigenvalue weighted by Crippen LogP contribution is 2.29. The lowest BCUT2D eigenvalue weighted by atomic mass is 9.86. The van der Waals surface area contributed by atoms with Gasteiger partial charge in [-0.25, -0.2) is 4.98 Å². The predicted molar refractivity (Wildman–Crippen MR) is 129 cm³/mol. The summed E-state index contributed by atoms with van der Waals surface area (Å²) in [5, 5.41) is 0. The van der Waals surface area contributed by atoms with Crippen LogP contribution in [-0.2, 0) is 12.8 Å². The van der Waals surface area contributed by atoms with Crippen molar-refractivity contribution in [1.29, 1.82) is 0 Å². The molecule has 0 aliphatic heterocycles. The number of H-pyrrole nitrogens is 1. The Kier molecular flexibility index (Phi) is 7.03. The van der Waals surface area contributed by atoms with Crippen molar-refractivity contribution in [2.45, 2.75) is 33.1 Å². The molecule has 1 amide bonds. The van der Waals surface area contributed by atoms with Crippen LogP contribution in [0.4, 0.5) is 0 Å². The molecule has 1 aliphatic carbocycles. The number of amides is 1. The molecule has 0 radical (unpaired) electrons. The smallest absolute Gasteiger partial charge is 0.253 e. The highest BCUT2D eigenvalue weighted by atomic mass is 16.5. The number of Topliss-reactive ketones (excluding diaryl/α,β-unsaturated/α-hetero) is 1. The fraction of sp³-hybridized carbons (Fsp3) is 0.296. The van der Waals surface area contributed by atoms with Crippen LogP contribution in [0.1, 0.15) is 57.8 Å². The van der Waals surface area contributed by atoms with Crippen LogP contribution < -0.4 is 4.74 Å². The number of carbonyl (C=O) groups is 2. The van der Waals surface area contributed by atoms with Crippen molar-refractivity contribution >= 4 is 17.8 Å². The molecule has 0 bridgehead atoms. The molecule has 170 valence electrons. The van der Waals surface area contributed by atoms with Gasteiger partial charge < -0.3 is 14.6 Å². The van der Waals surface area contributed by atoms with Gasteiger partial charge in [0, 0.05) is 42.4 Å². The van der Waals surface area contributed by atoms with E-state index in [0.717, 1.165) is 46.5 Å². The Hall–Kier alpha value is -3.67. The minimum atomic E-state index is 0.0317. The maximum Gasteiger partial charge on any atom is 0.253 e. The Morgan fingerprint density at radius 1 is 1.12 bits per heavy atom. The van der Waals surface area contributed by atoms with Crippen molar-refractivity contribution in [3.63, 3.8) is 0 Å². The minimum Gasteiger partial charge on any atom is -0.493 e. The molecule has 33 heavy (non-hydrogen) atoms. The second-order valence-electron chi connectivity index (χ2n) is 8.08. The van der Waals surface area contributed by atoms with Gasteiger partial charge in [-0.1, -0.05) is 12.1 Å². The van der Waals surface area contributed by atoms with Gasteiger partial charge in [0.25, 0.3) is 5.91 Å². The van der Waals surface area contributed by atoms with Gasteiger partial charge >= 0.3 is 0 Å². The lowest BCUT2D eigenvalue weighted by Crippen LogP contribution is -2.30. The molecule has 0 fully saturated rings. The van der Waals surface area contributed by atoms with E-state index >= 15 is 0 Å². The lowest BCUT2D eigenvalue weighted by molar-refractivity contribution is 0.0772. The SMILES string of the molecule is CCN(CC)C(=O)c1ccc(/C=C2\CCc3cc(OCCc4c[nH]cn4)ccc3C2=O)cc1. The van der Waals surface area contributed by atoms with Crippen molar-refractivity contribution in [3.05, 3.63) is 88.5 Å². The highest BCUT2D eigenvalue weighted by molar-refractivity contribution is 6.13. The molecule has 1 aromatic heterocycles. The topological polar surface area (TPSA) is 75.3 Å². The quantitative estimate of drug-likeness (QED) is 0.511. The van der Waals surface area contributed by atoms with Crippen LogP contribution in [0.25, 0.3) is 6.08 Å². The van der Waals surface area contributed by atoms with E-state index in [4.69, 9.17) is 4.74 Å². The number of hydrogen-bond acceptors (Lipinski definition) is 4. The average Bonchev–Trinajstić information content (AvgIpc) is 3.36. The van der Waals surface area contributed by atoms with Crippen LogP contribution in [0.15, 0.2) is 60.6 Å². The molecule has 4 rings (SSSR count). The molecule has 0 spiro atoms. The van der Waals surface area contributed by atoms with Crippen LogP contribution >= 0.6 is 0 Å². The minimum absolute atomic E-state index is 0.0317. The average molecular weight is 444 g/mol. The molecule has 1 heterocycles. The molecule has 2 aromatic carbocycles. The summed E-state index contributed by atoms with van der Waals surface area (Å²) in [4.78, 5) is 34.5. The van der Waals surface area contributed by atoms with Crippen LogP contribution in [0, 0.1) is 0 Å². The Balaban J connectivity index is 1.42. The van der Waals surface area contributed by atoms with E-state index in [2.05, 4.69) is 9.97 Å². The number of ether oxygens (including phenoxy) is 1. The van der Waals surface area contributed by atoms with Crippen LogP contribution in [0.3, 0.4) is 0 Å². The number of fused-ring (bicyclic) bond motifs is 1. The zero-order valence-electron chi connectivity index (χ0n) is 19.1. The first kappa shape index (κ1) is 22.5. The first-order valence-corrected chi connectivity index (χ1v) is 11.5. The number of nitrogens with zero attached hydrogens (tertiary/aromatic N) is 2. The number of allylic oxidation sites excluding steroid dienone is 1. The molecule has 6 heteroatoms. The Morgan fingerprint density at radius 2 is 1.91 bits per heavy atom. The van der Waals surface area contributed by atoms with E-state index in [1.807, 2.05) is 68.6 Å². The third kappa shape index (κ3) is 5.22. The van der Waals surface area contributed by atoms with E-state index in [1.54, 1.807) is 11.2 Å². The summed E-state index contributed by atoms with van der Waals surface area (Å²) in [7, 11) is 0. The van der Waals surface area contributed by atoms with Crippen LogP contribution in [-0.4, -0.2) is 46.3 Å². The predicted octanol–water partition coefficient (Wildman–Crippen LogP) is 4.73. The summed E-state index contributed by atoms with van der Waals surface area (Å²) >= 11 is 0. The number of aryl methyl sites for hydroxylation is 1. The Morgan fingerprint density at radius 3 is 2.61 bits per heavy atom. The monoisotopic (exact) mass is 443 g/mol. The molecular formula is C27H29N3O3. The fourth-order valence-corrected chi connectivity index (χ4v) is 4.10. The van der Waals surface area contributed by atoms with Gasteiger partial charge in [0.1, 0.15) is 5.75 Å². The third-order valence-corrected chi connectivity index (χ3v) is 6.01. The normalized spacial score (nSPS) is 14.2. The number of hydrogen-bond donors (Lipinski definition) is 1. The number of carbonyl (C=O) groups excluding carboxylic acids is 2. The van der Waals surface area contributed by atoms with Crippen molar-refractivity contribution in [2.75, 3.05) is 19.7 Å². The molecule has 0 saturated carbocycles. The largest absolute Gasteiger partial charge is 0.493 e. The van der Waals surface area contributed by atoms with Crippen molar-refractivity contribution in [2.24, 2.45) is 0 Å². The number of aromatic nitrogens is 2. The number of aromatic amines is 1. The number of rotatable bonds is 8. The van der Waals surface area contributed by atoms with Gasteiger partial charge in [-0.05, 0) is 74.2 Å². The van der Waals surface area contributed by atoms with Gasteiger partial charge in [-0.15, -0.1) is 0 Å². The van der Waals surface area contributed by atoms with Gasteiger partial charge in [0.05, 0.1) is 18.6 Å². The van der Waals surface area contributed by atoms with Gasteiger partial charge in [0.15, 0.2) is 5.78 Å². The summed E-state index contributed by atoms with van der Waals surface area (Å²) in [6.45, 7) is 5.86. The zero-order valence-corrected chi connectivity index (χ0v) is 19.1. The summed E-state index contributed by atoms with van der Waals surface area (Å²) in [6.07, 6.45) is 7.66. The first-order valence-electron chi connectivity index (χ1n) is 11.5. The lowest BCUT2D eigenvalue weighted by Gasteiger charge is -2.19. The fourth-order valence-electron chi connectivity index (χ4n) is 4.10. The second-order valence-corrected chi connectivity index (χ2v) is 8.08. The summed E-state index contributed by atoms with van der Waals surface area (Å²) in [5.74, 6) is 0.866. The Labute approximate surface area is 194 Å². The molecule has 0 saturated heterocycles. The maximum absolute atomic E-state index is 13.1. The second kappa shape index (κ2) is 10.3. The number of ketones is 1. The van der Waals surface area contributed by atoms with Crippen molar-refractivity contribution < 1.29 is 14.3 Å². The molecule has 0 atom stereocenters. The number of benzene rings is 2. The zero-order chi connectivity index (χ0) is 23.2. The van der Waals surface area contributed by atoms with Crippen LogP contribution in [0.5, 0.6) is 5.75 Å². The molecule has 3 aromatic rings. The van der Waals surface area contributed by atoms with Gasteiger partial charge in [-0.2, -0.15) is 0 Å². The molecule has 1 aliphatic rings. The van der Waals surface area contributed by atoms with E-state index in [0.29, 0.717) is 31.7 Å². The third-order valence-electron chi connectivity index (χ3n) is 6.01. The molecular weight excluding hydrogens is 414 g/mol. The molecule has 6 nitrogen and oxygen atoms in total. The molecule has 1 N–H and O–H groups in total. The number of imidazole rings is 1. The van der Waals surface area contributed by atoms with Crippen molar-refractivity contribution in [1.82, 2.24) is 14.9 Å². The van der Waals surface area contributed by atoms with Crippen LogP contribution in [0.2, 0.25) is 0 Å². The first-order chi connectivity index (χ1) is 16.1. The number of nitrogens with one attached hydrogen (secondary N) is 1. The van der Waals surface area contributed by atoms with E-state index < -0.39 is 0 Å². The highest BCUT2D eigenvalue weighted by Gasteiger charge is 2.22. The summed E-state index contributed by atoms with van der Waals surface area (Å²) in [6, 6.07) is 13.2. The van der Waals surface area contributed by atoms with Crippen molar-refractivity contribution in [3.8, 4) is 5.75 Å². The van der Waals surface area contributed by atoms with E-state index in [9.17, 15) is 9.59 Å². The molecule has 0 unspecified atom stereocenters. The Bertz CT molecular complexity index is 1140. The summed E-state index contributed by atoms with van der Waals surface area (Å²) < 4.78 is 5.86. The van der Waals surface area contributed by atoms with Gasteiger partial charge in [-0.3, -0.25) is 9.59 Å². The van der Waals surface area contributed by atoms with Gasteiger partial charge in [0.2, 0.25) is 0 Å². The van der Waals surface area contributed by atoms with E-state index in [1.165, 1.54) is 0 Å². The maximum atomic E-state index is 13.1. The summed E-state index contributed by atoms with van der Waals surface area (Å²) in [5.41, 5.74) is 5.10. The van der Waals surface area contributed by atoms with E-state index in [-0.39, 0.29) is 11.7 Å².